The van der Waals surface area contributed by atoms with Crippen molar-refractivity contribution in [2.24, 2.45) is 0 Å². The zero-order valence-electron chi connectivity index (χ0n) is 7.72. The standard InChI is InChI=1S/C10H10BrFO2/c1-2-14-6-10(13)7-3-4-8(11)9(12)5-7/h3-5H,2,6H2,1H3. The third-order valence-electron chi connectivity index (χ3n) is 1.68. The molecule has 0 N–H and O–H groups in total. The SMILES string of the molecule is CCOCC(=O)c1ccc(Br)c(F)c1. The molecule has 0 saturated heterocycles. The van der Waals surface area contributed by atoms with Crippen LogP contribution in [-0.2, 0) is 4.74 Å². The zero-order chi connectivity index (χ0) is 10.6. The molecule has 0 aliphatic carbocycles. The van der Waals surface area contributed by atoms with Crippen molar-refractivity contribution in [3.63, 3.8) is 0 Å². The van der Waals surface area contributed by atoms with Crippen LogP contribution in [0.3, 0.4) is 0 Å². The predicted molar refractivity (Wildman–Crippen MR) is 54.9 cm³/mol. The van der Waals surface area contributed by atoms with Crippen molar-refractivity contribution in [3.05, 3.63) is 34.1 Å². The Morgan fingerprint density at radius 3 is 2.86 bits per heavy atom. The second kappa shape index (κ2) is 5.22. The highest BCUT2D eigenvalue weighted by Crippen LogP contribution is 2.16. The summed E-state index contributed by atoms with van der Waals surface area (Å²) in [5.74, 6) is -0.648. The lowest BCUT2D eigenvalue weighted by Crippen LogP contribution is -2.09. The van der Waals surface area contributed by atoms with Gasteiger partial charge in [0.25, 0.3) is 0 Å². The summed E-state index contributed by atoms with van der Waals surface area (Å²) in [5, 5.41) is 0. The van der Waals surface area contributed by atoms with Gasteiger partial charge in [-0.2, -0.15) is 0 Å². The number of carbonyl (C=O) groups is 1. The normalized spacial score (nSPS) is 10.2. The number of ether oxygens (including phenoxy) is 1. The highest BCUT2D eigenvalue weighted by molar-refractivity contribution is 9.10. The molecule has 0 aliphatic heterocycles. The van der Waals surface area contributed by atoms with E-state index < -0.39 is 5.82 Å². The molecule has 0 bridgehead atoms. The Labute approximate surface area is 90.2 Å². The number of benzene rings is 1. The molecule has 0 radical (unpaired) electrons. The first kappa shape index (κ1) is 11.3. The number of rotatable bonds is 4. The molecule has 4 heteroatoms. The van der Waals surface area contributed by atoms with Gasteiger partial charge >= 0.3 is 0 Å². The van der Waals surface area contributed by atoms with E-state index in [1.165, 1.54) is 12.1 Å². The minimum atomic E-state index is -0.438. The summed E-state index contributed by atoms with van der Waals surface area (Å²) in [6, 6.07) is 4.27. The summed E-state index contributed by atoms with van der Waals surface area (Å²) in [4.78, 5) is 11.4. The predicted octanol–water partition coefficient (Wildman–Crippen LogP) is 2.81. The van der Waals surface area contributed by atoms with Crippen LogP contribution in [0.1, 0.15) is 17.3 Å². The van der Waals surface area contributed by atoms with E-state index in [-0.39, 0.29) is 12.4 Å². The fourth-order valence-corrected chi connectivity index (χ4v) is 1.19. The molecule has 0 aromatic heterocycles. The summed E-state index contributed by atoms with van der Waals surface area (Å²) in [6.45, 7) is 2.28. The fraction of sp³-hybridized carbons (Fsp3) is 0.300. The van der Waals surface area contributed by atoms with Crippen LogP contribution in [0.5, 0.6) is 0 Å². The van der Waals surface area contributed by atoms with Gasteiger partial charge in [0.1, 0.15) is 12.4 Å². The van der Waals surface area contributed by atoms with E-state index in [1.54, 1.807) is 13.0 Å². The molecular formula is C10H10BrFO2. The van der Waals surface area contributed by atoms with E-state index in [1.807, 2.05) is 0 Å². The first-order valence-electron chi connectivity index (χ1n) is 4.21. The second-order valence-electron chi connectivity index (χ2n) is 2.69. The summed E-state index contributed by atoms with van der Waals surface area (Å²) in [7, 11) is 0. The Morgan fingerprint density at radius 1 is 1.57 bits per heavy atom. The minimum absolute atomic E-state index is 0.00241. The van der Waals surface area contributed by atoms with Crippen molar-refractivity contribution < 1.29 is 13.9 Å². The smallest absolute Gasteiger partial charge is 0.188 e. The summed E-state index contributed by atoms with van der Waals surface area (Å²) < 4.78 is 18.3. The lowest BCUT2D eigenvalue weighted by molar-refractivity contribution is 0.0783. The Balaban J connectivity index is 2.76. The fourth-order valence-electron chi connectivity index (χ4n) is 0.948. The van der Waals surface area contributed by atoms with Crippen LogP contribution in [0.2, 0.25) is 0 Å². The van der Waals surface area contributed by atoms with Crippen LogP contribution in [0.4, 0.5) is 4.39 Å². The van der Waals surface area contributed by atoms with Gasteiger partial charge in [0, 0.05) is 12.2 Å². The van der Waals surface area contributed by atoms with Crippen LogP contribution in [-0.4, -0.2) is 19.0 Å². The maximum Gasteiger partial charge on any atom is 0.188 e. The third-order valence-corrected chi connectivity index (χ3v) is 2.32. The van der Waals surface area contributed by atoms with Gasteiger partial charge in [-0.3, -0.25) is 4.79 Å². The molecule has 0 atom stereocenters. The molecule has 76 valence electrons. The Morgan fingerprint density at radius 2 is 2.29 bits per heavy atom. The number of ketones is 1. The molecule has 0 unspecified atom stereocenters. The van der Waals surface area contributed by atoms with E-state index in [2.05, 4.69) is 15.9 Å². The van der Waals surface area contributed by atoms with Gasteiger partial charge in [-0.1, -0.05) is 0 Å². The Kier molecular flexibility index (Phi) is 4.22. The Bertz CT molecular complexity index is 339. The van der Waals surface area contributed by atoms with Crippen LogP contribution < -0.4 is 0 Å². The van der Waals surface area contributed by atoms with Crippen molar-refractivity contribution in [2.45, 2.75) is 6.92 Å². The molecule has 1 aromatic rings. The highest BCUT2D eigenvalue weighted by Gasteiger charge is 2.08. The summed E-state index contributed by atoms with van der Waals surface area (Å²) >= 11 is 3.01. The van der Waals surface area contributed by atoms with Crippen LogP contribution in [0, 0.1) is 5.82 Å². The van der Waals surface area contributed by atoms with Crippen molar-refractivity contribution in [1.29, 1.82) is 0 Å². The molecule has 0 spiro atoms. The van der Waals surface area contributed by atoms with Gasteiger partial charge in [0.05, 0.1) is 4.47 Å². The van der Waals surface area contributed by atoms with Crippen LogP contribution >= 0.6 is 15.9 Å². The van der Waals surface area contributed by atoms with Crippen molar-refractivity contribution >= 4 is 21.7 Å². The number of halogens is 2. The summed E-state index contributed by atoms with van der Waals surface area (Å²) in [6.07, 6.45) is 0. The van der Waals surface area contributed by atoms with E-state index in [9.17, 15) is 9.18 Å². The van der Waals surface area contributed by atoms with Crippen molar-refractivity contribution in [1.82, 2.24) is 0 Å². The maximum absolute atomic E-state index is 13.0. The van der Waals surface area contributed by atoms with Gasteiger partial charge in [-0.05, 0) is 41.1 Å². The molecule has 0 amide bonds. The number of hydrogen-bond donors (Lipinski definition) is 0. The van der Waals surface area contributed by atoms with Gasteiger partial charge < -0.3 is 4.74 Å². The molecule has 0 fully saturated rings. The molecule has 2 nitrogen and oxygen atoms in total. The highest BCUT2D eigenvalue weighted by atomic mass is 79.9. The average Bonchev–Trinajstić information content (AvgIpc) is 2.18. The molecular weight excluding hydrogens is 251 g/mol. The maximum atomic E-state index is 13.0. The number of carbonyl (C=O) groups excluding carboxylic acids is 1. The van der Waals surface area contributed by atoms with Crippen LogP contribution in [0.15, 0.2) is 22.7 Å². The zero-order valence-corrected chi connectivity index (χ0v) is 9.30. The number of Topliss-reactive ketones (excluding diaryl/α,β-unsaturated/α-hetero) is 1. The first-order valence-corrected chi connectivity index (χ1v) is 5.00. The van der Waals surface area contributed by atoms with E-state index in [4.69, 9.17) is 4.74 Å². The van der Waals surface area contributed by atoms with E-state index in [0.717, 1.165) is 0 Å². The molecule has 14 heavy (non-hydrogen) atoms. The van der Waals surface area contributed by atoms with E-state index >= 15 is 0 Å². The van der Waals surface area contributed by atoms with E-state index in [0.29, 0.717) is 16.6 Å². The minimum Gasteiger partial charge on any atom is -0.374 e. The second-order valence-corrected chi connectivity index (χ2v) is 3.54. The van der Waals surface area contributed by atoms with Crippen molar-refractivity contribution in [3.8, 4) is 0 Å². The van der Waals surface area contributed by atoms with Crippen molar-refractivity contribution in [2.75, 3.05) is 13.2 Å². The lowest BCUT2D eigenvalue weighted by atomic mass is 10.1. The first-order chi connectivity index (χ1) is 6.65. The molecule has 1 aromatic carbocycles. The largest absolute Gasteiger partial charge is 0.374 e. The molecule has 0 heterocycles. The van der Waals surface area contributed by atoms with Gasteiger partial charge in [-0.25, -0.2) is 4.39 Å². The van der Waals surface area contributed by atoms with Gasteiger partial charge in [0.15, 0.2) is 5.78 Å². The van der Waals surface area contributed by atoms with Gasteiger partial charge in [0.2, 0.25) is 0 Å². The molecule has 1 rings (SSSR count). The topological polar surface area (TPSA) is 26.3 Å². The number of hydrogen-bond acceptors (Lipinski definition) is 2. The average molecular weight is 261 g/mol. The Hall–Kier alpha value is -0.740. The summed E-state index contributed by atoms with van der Waals surface area (Å²) in [5.41, 5.74) is 0.333. The van der Waals surface area contributed by atoms with Gasteiger partial charge in [-0.15, -0.1) is 0 Å². The third kappa shape index (κ3) is 2.89. The monoisotopic (exact) mass is 260 g/mol. The quantitative estimate of drug-likeness (QED) is 0.779. The lowest BCUT2D eigenvalue weighted by Gasteiger charge is -2.02. The molecule has 0 saturated carbocycles. The molecule has 0 aliphatic rings. The van der Waals surface area contributed by atoms with Crippen LogP contribution in [0.25, 0.3) is 0 Å².